The van der Waals surface area contributed by atoms with E-state index in [1.807, 2.05) is 0 Å². The summed E-state index contributed by atoms with van der Waals surface area (Å²) in [5.74, 6) is 0.0359. The molecule has 0 spiro atoms. The van der Waals surface area contributed by atoms with E-state index in [1.54, 1.807) is 0 Å². The molecule has 1 fully saturated rings. The lowest BCUT2D eigenvalue weighted by molar-refractivity contribution is -0.141. The number of rotatable bonds is 2. The van der Waals surface area contributed by atoms with E-state index in [9.17, 15) is 18.0 Å². The zero-order valence-electron chi connectivity index (χ0n) is 7.77. The van der Waals surface area contributed by atoms with Gasteiger partial charge in [-0.1, -0.05) is 6.42 Å². The molecule has 1 aromatic rings. The van der Waals surface area contributed by atoms with Gasteiger partial charge in [-0.2, -0.15) is 18.3 Å². The molecular formula is C9H9F3N2O. The molecule has 0 saturated heterocycles. The van der Waals surface area contributed by atoms with Crippen LogP contribution in [0.4, 0.5) is 13.2 Å². The molecule has 3 nitrogen and oxygen atoms in total. The van der Waals surface area contributed by atoms with Crippen molar-refractivity contribution >= 4 is 6.29 Å². The number of halogens is 3. The van der Waals surface area contributed by atoms with Crippen molar-refractivity contribution in [3.8, 4) is 0 Å². The van der Waals surface area contributed by atoms with E-state index < -0.39 is 11.9 Å². The fraction of sp³-hybridized carbons (Fsp3) is 0.556. The van der Waals surface area contributed by atoms with E-state index >= 15 is 0 Å². The van der Waals surface area contributed by atoms with Crippen molar-refractivity contribution in [1.29, 1.82) is 0 Å². The molecule has 1 heterocycles. The summed E-state index contributed by atoms with van der Waals surface area (Å²) in [7, 11) is 0. The van der Waals surface area contributed by atoms with E-state index in [0.29, 0.717) is 5.69 Å². The second kappa shape index (κ2) is 3.36. The van der Waals surface area contributed by atoms with E-state index in [0.717, 1.165) is 19.3 Å². The molecule has 15 heavy (non-hydrogen) atoms. The largest absolute Gasteiger partial charge is 0.435 e. The summed E-state index contributed by atoms with van der Waals surface area (Å²) in [6, 6.07) is 0. The minimum atomic E-state index is -4.56. The number of carbonyl (C=O) groups is 1. The number of aldehydes is 1. The van der Waals surface area contributed by atoms with Gasteiger partial charge in [0.1, 0.15) is 0 Å². The van der Waals surface area contributed by atoms with E-state index in [2.05, 4.69) is 10.2 Å². The third kappa shape index (κ3) is 1.64. The molecule has 82 valence electrons. The summed E-state index contributed by atoms with van der Waals surface area (Å²) in [4.78, 5) is 10.6. The Morgan fingerprint density at radius 3 is 2.47 bits per heavy atom. The standard InChI is InChI=1S/C9H9F3N2O/c10-9(11,12)8-6(4-15)7(13-14-8)5-2-1-3-5/h4-5H,1-3H2,(H,13,14). The average Bonchev–Trinajstić information content (AvgIpc) is 2.43. The first-order valence-corrected chi connectivity index (χ1v) is 4.64. The monoisotopic (exact) mass is 218 g/mol. The lowest BCUT2D eigenvalue weighted by atomic mass is 9.81. The number of hydrogen-bond acceptors (Lipinski definition) is 2. The SMILES string of the molecule is O=Cc1c(C(F)(F)F)n[nH]c1C1CCC1. The van der Waals surface area contributed by atoms with Gasteiger partial charge in [0, 0.05) is 11.6 Å². The van der Waals surface area contributed by atoms with Gasteiger partial charge in [-0.05, 0) is 12.8 Å². The number of alkyl halides is 3. The van der Waals surface area contributed by atoms with Crippen LogP contribution < -0.4 is 0 Å². The molecule has 0 amide bonds. The number of aromatic nitrogens is 2. The normalized spacial score (nSPS) is 17.5. The Kier molecular flexibility index (Phi) is 2.28. The topological polar surface area (TPSA) is 45.8 Å². The fourth-order valence-corrected chi connectivity index (χ4v) is 1.71. The Labute approximate surface area is 83.7 Å². The van der Waals surface area contributed by atoms with Gasteiger partial charge in [0.15, 0.2) is 12.0 Å². The van der Waals surface area contributed by atoms with E-state index in [1.165, 1.54) is 0 Å². The van der Waals surface area contributed by atoms with Crippen molar-refractivity contribution in [2.75, 3.05) is 0 Å². The van der Waals surface area contributed by atoms with Crippen LogP contribution in [0, 0.1) is 0 Å². The highest BCUT2D eigenvalue weighted by atomic mass is 19.4. The van der Waals surface area contributed by atoms with Gasteiger partial charge in [-0.15, -0.1) is 0 Å². The average molecular weight is 218 g/mol. The van der Waals surface area contributed by atoms with Crippen LogP contribution >= 0.6 is 0 Å². The quantitative estimate of drug-likeness (QED) is 0.775. The van der Waals surface area contributed by atoms with Gasteiger partial charge in [-0.3, -0.25) is 9.89 Å². The second-order valence-electron chi connectivity index (χ2n) is 3.64. The molecule has 1 aromatic heterocycles. The summed E-state index contributed by atoms with van der Waals surface area (Å²) >= 11 is 0. The first-order chi connectivity index (χ1) is 7.04. The van der Waals surface area contributed by atoms with Gasteiger partial charge >= 0.3 is 6.18 Å². The summed E-state index contributed by atoms with van der Waals surface area (Å²) in [6.45, 7) is 0. The number of hydrogen-bond donors (Lipinski definition) is 1. The number of H-pyrrole nitrogens is 1. The van der Waals surface area contributed by atoms with Gasteiger partial charge in [0.25, 0.3) is 0 Å². The zero-order chi connectivity index (χ0) is 11.1. The molecule has 1 N–H and O–H groups in total. The molecule has 6 heteroatoms. The number of nitrogens with one attached hydrogen (secondary N) is 1. The molecule has 1 aliphatic carbocycles. The highest BCUT2D eigenvalue weighted by Gasteiger charge is 2.39. The summed E-state index contributed by atoms with van der Waals surface area (Å²) < 4.78 is 37.2. The Hall–Kier alpha value is -1.33. The van der Waals surface area contributed by atoms with Crippen LogP contribution in [-0.2, 0) is 6.18 Å². The lowest BCUT2D eigenvalue weighted by Gasteiger charge is -2.24. The van der Waals surface area contributed by atoms with Crippen LogP contribution in [0.15, 0.2) is 0 Å². The smallest absolute Gasteiger partial charge is 0.298 e. The summed E-state index contributed by atoms with van der Waals surface area (Å²) in [5, 5.41) is 5.51. The first-order valence-electron chi connectivity index (χ1n) is 4.64. The molecule has 1 saturated carbocycles. The zero-order valence-corrected chi connectivity index (χ0v) is 7.77. The molecule has 0 atom stereocenters. The Morgan fingerprint density at radius 2 is 2.07 bits per heavy atom. The molecule has 0 unspecified atom stereocenters. The van der Waals surface area contributed by atoms with Crippen LogP contribution in [0.25, 0.3) is 0 Å². The van der Waals surface area contributed by atoms with Crippen LogP contribution in [-0.4, -0.2) is 16.5 Å². The van der Waals surface area contributed by atoms with Crippen LogP contribution in [0.3, 0.4) is 0 Å². The highest BCUT2D eigenvalue weighted by molar-refractivity contribution is 5.79. The second-order valence-corrected chi connectivity index (χ2v) is 3.64. The third-order valence-corrected chi connectivity index (χ3v) is 2.73. The van der Waals surface area contributed by atoms with Crippen molar-refractivity contribution in [1.82, 2.24) is 10.2 Å². The van der Waals surface area contributed by atoms with Crippen molar-refractivity contribution < 1.29 is 18.0 Å². The van der Waals surface area contributed by atoms with Crippen molar-refractivity contribution in [2.24, 2.45) is 0 Å². The van der Waals surface area contributed by atoms with Crippen LogP contribution in [0.5, 0.6) is 0 Å². The third-order valence-electron chi connectivity index (χ3n) is 2.73. The summed E-state index contributed by atoms with van der Waals surface area (Å²) in [6.07, 6.45) is -1.70. The highest BCUT2D eigenvalue weighted by Crippen LogP contribution is 2.39. The summed E-state index contributed by atoms with van der Waals surface area (Å²) in [5.41, 5.74) is -1.09. The van der Waals surface area contributed by atoms with Crippen LogP contribution in [0.2, 0.25) is 0 Å². The predicted octanol–water partition coefficient (Wildman–Crippen LogP) is 2.51. The maximum atomic E-state index is 12.4. The van der Waals surface area contributed by atoms with E-state index in [-0.39, 0.29) is 17.8 Å². The van der Waals surface area contributed by atoms with Crippen molar-refractivity contribution in [3.05, 3.63) is 17.0 Å². The molecule has 0 bridgehead atoms. The first kappa shape index (κ1) is 10.2. The molecule has 0 aliphatic heterocycles. The van der Waals surface area contributed by atoms with Gasteiger partial charge in [-0.25, -0.2) is 0 Å². The molecule has 2 rings (SSSR count). The van der Waals surface area contributed by atoms with Crippen molar-refractivity contribution in [2.45, 2.75) is 31.4 Å². The molecule has 1 aliphatic rings. The molecular weight excluding hydrogens is 209 g/mol. The van der Waals surface area contributed by atoms with Crippen molar-refractivity contribution in [3.63, 3.8) is 0 Å². The maximum absolute atomic E-state index is 12.4. The Morgan fingerprint density at radius 1 is 1.40 bits per heavy atom. The predicted molar refractivity (Wildman–Crippen MR) is 45.6 cm³/mol. The van der Waals surface area contributed by atoms with Gasteiger partial charge < -0.3 is 0 Å². The number of nitrogens with zero attached hydrogens (tertiary/aromatic N) is 1. The van der Waals surface area contributed by atoms with Crippen LogP contribution in [0.1, 0.15) is 46.9 Å². The number of aromatic amines is 1. The van der Waals surface area contributed by atoms with E-state index in [4.69, 9.17) is 0 Å². The molecule has 0 radical (unpaired) electrons. The minimum absolute atomic E-state index is 0.0359. The van der Waals surface area contributed by atoms with Gasteiger partial charge in [0.2, 0.25) is 0 Å². The lowest BCUT2D eigenvalue weighted by Crippen LogP contribution is -2.13. The molecule has 0 aromatic carbocycles. The maximum Gasteiger partial charge on any atom is 0.435 e. The Balaban J connectivity index is 2.41. The fourth-order valence-electron chi connectivity index (χ4n) is 1.71. The van der Waals surface area contributed by atoms with Gasteiger partial charge in [0.05, 0.1) is 5.56 Å². The Bertz CT molecular complexity index is 379. The minimum Gasteiger partial charge on any atom is -0.298 e. The number of carbonyl (C=O) groups excluding carboxylic acids is 1.